The van der Waals surface area contributed by atoms with Crippen molar-refractivity contribution in [2.75, 3.05) is 13.1 Å². The Morgan fingerprint density at radius 3 is 2.80 bits per heavy atom. The summed E-state index contributed by atoms with van der Waals surface area (Å²) in [5, 5.41) is 10.5. The van der Waals surface area contributed by atoms with Gasteiger partial charge in [0.05, 0.1) is 5.60 Å². The van der Waals surface area contributed by atoms with Crippen molar-refractivity contribution in [1.82, 2.24) is 14.3 Å². The molecule has 3 heterocycles. The highest BCUT2D eigenvalue weighted by Crippen LogP contribution is 2.29. The van der Waals surface area contributed by atoms with Crippen LogP contribution in [0.1, 0.15) is 19.8 Å². The Balaban J connectivity index is 1.97. The van der Waals surface area contributed by atoms with E-state index in [1.165, 1.54) is 10.5 Å². The maximum atomic E-state index is 12.7. The van der Waals surface area contributed by atoms with Gasteiger partial charge in [-0.05, 0) is 31.9 Å². The Kier molecular flexibility index (Phi) is 3.07. The summed E-state index contributed by atoms with van der Waals surface area (Å²) in [6, 6.07) is 3.46. The predicted octanol–water partition coefficient (Wildman–Crippen LogP) is 1.10. The minimum absolute atomic E-state index is 0.252. The number of sulfonamides is 1. The van der Waals surface area contributed by atoms with Crippen molar-refractivity contribution in [2.45, 2.75) is 30.3 Å². The molecule has 3 rings (SSSR count). The van der Waals surface area contributed by atoms with Crippen molar-refractivity contribution in [3.8, 4) is 0 Å². The third-order valence-electron chi connectivity index (χ3n) is 3.83. The minimum atomic E-state index is -3.54. The summed E-state index contributed by atoms with van der Waals surface area (Å²) in [4.78, 5) is 7.24. The largest absolute Gasteiger partial charge is 0.390 e. The van der Waals surface area contributed by atoms with E-state index in [4.69, 9.17) is 0 Å². The molecule has 7 heteroatoms. The normalized spacial score (nSPS) is 20.3. The van der Waals surface area contributed by atoms with Crippen LogP contribution in [0.3, 0.4) is 0 Å². The zero-order valence-electron chi connectivity index (χ0n) is 11.2. The molecule has 0 radical (unpaired) electrons. The van der Waals surface area contributed by atoms with Crippen LogP contribution < -0.4 is 0 Å². The van der Waals surface area contributed by atoms with Crippen molar-refractivity contribution >= 4 is 21.1 Å². The van der Waals surface area contributed by atoms with Gasteiger partial charge in [0.2, 0.25) is 10.0 Å². The van der Waals surface area contributed by atoms with Gasteiger partial charge in [-0.2, -0.15) is 4.31 Å². The van der Waals surface area contributed by atoms with Crippen LogP contribution in [0.4, 0.5) is 0 Å². The highest BCUT2D eigenvalue weighted by Gasteiger charge is 2.35. The van der Waals surface area contributed by atoms with E-state index >= 15 is 0 Å². The smallest absolute Gasteiger partial charge is 0.245 e. The lowest BCUT2D eigenvalue weighted by Gasteiger charge is -2.34. The van der Waals surface area contributed by atoms with Crippen LogP contribution in [-0.4, -0.2) is 46.5 Å². The fraction of sp³-hybridized carbons (Fsp3) is 0.462. The second-order valence-corrected chi connectivity index (χ2v) is 7.36. The average molecular weight is 295 g/mol. The minimum Gasteiger partial charge on any atom is -0.390 e. The van der Waals surface area contributed by atoms with Crippen molar-refractivity contribution < 1.29 is 13.5 Å². The zero-order chi connectivity index (χ0) is 14.4. The molecule has 0 atom stereocenters. The first-order valence-electron chi connectivity index (χ1n) is 6.55. The van der Waals surface area contributed by atoms with E-state index in [0.29, 0.717) is 37.0 Å². The molecular formula is C13H17N3O3S. The number of hydrogen-bond donors (Lipinski definition) is 2. The number of aromatic nitrogens is 2. The molecule has 108 valence electrons. The molecule has 1 saturated heterocycles. The third-order valence-corrected chi connectivity index (χ3v) is 5.77. The molecule has 20 heavy (non-hydrogen) atoms. The summed E-state index contributed by atoms with van der Waals surface area (Å²) in [6.07, 6.45) is 4.01. The molecule has 0 aromatic carbocycles. The molecule has 0 spiro atoms. The molecule has 0 amide bonds. The van der Waals surface area contributed by atoms with Gasteiger partial charge >= 0.3 is 0 Å². The van der Waals surface area contributed by atoms with Gasteiger partial charge in [0.25, 0.3) is 0 Å². The van der Waals surface area contributed by atoms with Gasteiger partial charge in [-0.1, -0.05) is 0 Å². The Bertz CT molecular complexity index is 726. The predicted molar refractivity (Wildman–Crippen MR) is 74.7 cm³/mol. The number of rotatable bonds is 2. The van der Waals surface area contributed by atoms with E-state index in [0.717, 1.165) is 0 Å². The molecule has 6 nitrogen and oxygen atoms in total. The lowest BCUT2D eigenvalue weighted by molar-refractivity contribution is 0.0126. The molecule has 0 saturated carbocycles. The van der Waals surface area contributed by atoms with Crippen LogP contribution in [-0.2, 0) is 10.0 Å². The van der Waals surface area contributed by atoms with E-state index in [1.54, 1.807) is 25.3 Å². The molecule has 1 fully saturated rings. The summed E-state index contributed by atoms with van der Waals surface area (Å²) in [6.45, 7) is 2.41. The highest BCUT2D eigenvalue weighted by atomic mass is 32.2. The first-order valence-corrected chi connectivity index (χ1v) is 7.99. The molecule has 0 bridgehead atoms. The van der Waals surface area contributed by atoms with Gasteiger partial charge in [-0.3, -0.25) is 0 Å². The standard InChI is InChI=1S/C13H17N3O3S/c1-13(17)4-7-16(8-5-13)20(18,19)11-9-15-12-10(11)3-2-6-14-12/h2-3,6,9,17H,4-5,7-8H2,1H3,(H,14,15). The molecular weight excluding hydrogens is 278 g/mol. The van der Waals surface area contributed by atoms with Crippen LogP contribution in [0.2, 0.25) is 0 Å². The van der Waals surface area contributed by atoms with Crippen molar-refractivity contribution in [3.05, 3.63) is 24.5 Å². The summed E-state index contributed by atoms with van der Waals surface area (Å²) in [7, 11) is -3.54. The maximum absolute atomic E-state index is 12.7. The summed E-state index contributed by atoms with van der Waals surface area (Å²) in [5.74, 6) is 0. The number of nitrogens with zero attached hydrogens (tertiary/aromatic N) is 2. The Hall–Kier alpha value is -1.44. The quantitative estimate of drug-likeness (QED) is 0.868. The highest BCUT2D eigenvalue weighted by molar-refractivity contribution is 7.89. The number of piperidine rings is 1. The van der Waals surface area contributed by atoms with Crippen LogP contribution in [0.15, 0.2) is 29.4 Å². The van der Waals surface area contributed by atoms with Crippen molar-refractivity contribution in [3.63, 3.8) is 0 Å². The molecule has 0 aliphatic carbocycles. The maximum Gasteiger partial charge on any atom is 0.245 e. The van der Waals surface area contributed by atoms with Gasteiger partial charge in [0, 0.05) is 30.9 Å². The van der Waals surface area contributed by atoms with E-state index in [1.807, 2.05) is 0 Å². The Morgan fingerprint density at radius 1 is 1.40 bits per heavy atom. The first kappa shape index (κ1) is 13.5. The lowest BCUT2D eigenvalue weighted by atomic mass is 9.95. The number of aliphatic hydroxyl groups is 1. The van der Waals surface area contributed by atoms with Crippen LogP contribution in [0.25, 0.3) is 11.0 Å². The van der Waals surface area contributed by atoms with E-state index < -0.39 is 15.6 Å². The Labute approximate surface area is 117 Å². The molecule has 2 aromatic rings. The fourth-order valence-electron chi connectivity index (χ4n) is 2.49. The second-order valence-electron chi connectivity index (χ2n) is 5.45. The van der Waals surface area contributed by atoms with E-state index in [2.05, 4.69) is 9.97 Å². The number of pyridine rings is 1. The van der Waals surface area contributed by atoms with Gasteiger partial charge < -0.3 is 10.1 Å². The van der Waals surface area contributed by atoms with Gasteiger partial charge in [0.1, 0.15) is 10.5 Å². The molecule has 0 unspecified atom stereocenters. The first-order chi connectivity index (χ1) is 9.40. The molecule has 1 aliphatic heterocycles. The third kappa shape index (κ3) is 2.21. The number of fused-ring (bicyclic) bond motifs is 1. The van der Waals surface area contributed by atoms with Crippen LogP contribution in [0, 0.1) is 0 Å². The van der Waals surface area contributed by atoms with Crippen molar-refractivity contribution in [2.24, 2.45) is 0 Å². The Morgan fingerprint density at radius 2 is 2.10 bits per heavy atom. The number of H-pyrrole nitrogens is 1. The van der Waals surface area contributed by atoms with E-state index in [9.17, 15) is 13.5 Å². The van der Waals surface area contributed by atoms with Crippen LogP contribution in [0.5, 0.6) is 0 Å². The average Bonchev–Trinajstić information content (AvgIpc) is 2.82. The summed E-state index contributed by atoms with van der Waals surface area (Å²) < 4.78 is 26.8. The SMILES string of the molecule is CC1(O)CCN(S(=O)(=O)c2c[nH]c3ncccc23)CC1. The number of nitrogens with one attached hydrogen (secondary N) is 1. The second kappa shape index (κ2) is 4.54. The zero-order valence-corrected chi connectivity index (χ0v) is 12.0. The van der Waals surface area contributed by atoms with E-state index in [-0.39, 0.29) is 4.90 Å². The number of hydrogen-bond acceptors (Lipinski definition) is 4. The van der Waals surface area contributed by atoms with Crippen LogP contribution >= 0.6 is 0 Å². The number of aromatic amines is 1. The van der Waals surface area contributed by atoms with Gasteiger partial charge in [0.15, 0.2) is 0 Å². The summed E-state index contributed by atoms with van der Waals surface area (Å²) in [5.41, 5.74) is -0.205. The lowest BCUT2D eigenvalue weighted by Crippen LogP contribution is -2.44. The summed E-state index contributed by atoms with van der Waals surface area (Å²) >= 11 is 0. The topological polar surface area (TPSA) is 86.3 Å². The molecule has 1 aliphatic rings. The molecule has 2 aromatic heterocycles. The molecule has 2 N–H and O–H groups in total. The monoisotopic (exact) mass is 295 g/mol. The van der Waals surface area contributed by atoms with Gasteiger partial charge in [-0.15, -0.1) is 0 Å². The fourth-order valence-corrected chi connectivity index (χ4v) is 4.08. The van der Waals surface area contributed by atoms with Crippen molar-refractivity contribution in [1.29, 1.82) is 0 Å². The van der Waals surface area contributed by atoms with Gasteiger partial charge in [-0.25, -0.2) is 13.4 Å².